The van der Waals surface area contributed by atoms with Gasteiger partial charge < -0.3 is 9.16 Å². The van der Waals surface area contributed by atoms with Crippen LogP contribution in [0.2, 0.25) is 19.6 Å². The van der Waals surface area contributed by atoms with Gasteiger partial charge in [-0.15, -0.1) is 0 Å². The van der Waals surface area contributed by atoms with E-state index in [0.29, 0.717) is 12.5 Å². The van der Waals surface area contributed by atoms with Crippen LogP contribution in [0.3, 0.4) is 0 Å². The van der Waals surface area contributed by atoms with Crippen LogP contribution >= 0.6 is 0 Å². The maximum absolute atomic E-state index is 5.75. The maximum atomic E-state index is 5.75. The minimum absolute atomic E-state index is 0.602. The van der Waals surface area contributed by atoms with Crippen molar-refractivity contribution in [2.24, 2.45) is 5.92 Å². The molecule has 0 aromatic carbocycles. The maximum Gasteiger partial charge on any atom is 0.183 e. The molecule has 0 spiro atoms. The van der Waals surface area contributed by atoms with Crippen molar-refractivity contribution >= 4 is 8.32 Å². The smallest absolute Gasteiger partial charge is 0.183 e. The van der Waals surface area contributed by atoms with Crippen molar-refractivity contribution < 1.29 is 9.16 Å². The van der Waals surface area contributed by atoms with Crippen molar-refractivity contribution in [2.75, 3.05) is 13.2 Å². The first kappa shape index (κ1) is 12.8. The molecule has 0 fully saturated rings. The van der Waals surface area contributed by atoms with E-state index in [0.717, 1.165) is 6.61 Å². The molecule has 0 aromatic heterocycles. The number of allylic oxidation sites excluding steroid dienone is 2. The molecule has 3 heteroatoms. The van der Waals surface area contributed by atoms with Gasteiger partial charge in [0.05, 0.1) is 12.4 Å². The van der Waals surface area contributed by atoms with E-state index in [4.69, 9.17) is 9.16 Å². The van der Waals surface area contributed by atoms with Gasteiger partial charge in [-0.3, -0.25) is 0 Å². The molecule has 2 nitrogen and oxygen atoms in total. The summed E-state index contributed by atoms with van der Waals surface area (Å²) < 4.78 is 11.5. The van der Waals surface area contributed by atoms with Crippen molar-refractivity contribution in [1.29, 1.82) is 0 Å². The average Bonchev–Trinajstić information content (AvgIpc) is 2.13. The molecular formula is C12H24O2Si. The van der Waals surface area contributed by atoms with Crippen LogP contribution in [0.5, 0.6) is 0 Å². The largest absolute Gasteiger partial charge is 0.496 e. The van der Waals surface area contributed by atoms with Crippen LogP contribution < -0.4 is 0 Å². The Morgan fingerprint density at radius 1 is 1.33 bits per heavy atom. The van der Waals surface area contributed by atoms with E-state index in [2.05, 4.69) is 32.6 Å². The predicted molar refractivity (Wildman–Crippen MR) is 66.3 cm³/mol. The van der Waals surface area contributed by atoms with Crippen molar-refractivity contribution in [3.63, 3.8) is 0 Å². The molecule has 0 aliphatic heterocycles. The molecule has 1 atom stereocenters. The van der Waals surface area contributed by atoms with Gasteiger partial charge in [-0.1, -0.05) is 6.92 Å². The monoisotopic (exact) mass is 228 g/mol. The van der Waals surface area contributed by atoms with Crippen LogP contribution in [0.4, 0.5) is 0 Å². The summed E-state index contributed by atoms with van der Waals surface area (Å²) >= 11 is 0. The van der Waals surface area contributed by atoms with E-state index in [9.17, 15) is 0 Å². The van der Waals surface area contributed by atoms with Crippen LogP contribution in [0.15, 0.2) is 11.8 Å². The van der Waals surface area contributed by atoms with Gasteiger partial charge in [-0.25, -0.2) is 0 Å². The van der Waals surface area contributed by atoms with E-state index in [1.165, 1.54) is 25.0 Å². The zero-order chi connectivity index (χ0) is 11.3. The molecule has 0 saturated heterocycles. The van der Waals surface area contributed by atoms with Crippen LogP contribution in [0.25, 0.3) is 0 Å². The third kappa shape index (κ3) is 5.38. The Morgan fingerprint density at radius 2 is 2.07 bits per heavy atom. The number of hydrogen-bond donors (Lipinski definition) is 0. The lowest BCUT2D eigenvalue weighted by molar-refractivity contribution is 0.128. The van der Waals surface area contributed by atoms with Gasteiger partial charge in [0.1, 0.15) is 6.61 Å². The molecule has 0 radical (unpaired) electrons. The molecular weight excluding hydrogens is 204 g/mol. The molecule has 0 heterocycles. The first-order valence-corrected chi connectivity index (χ1v) is 9.37. The molecule has 1 aliphatic carbocycles. The Labute approximate surface area is 94.8 Å². The molecule has 0 aromatic rings. The van der Waals surface area contributed by atoms with Gasteiger partial charge in [-0.05, 0) is 45.0 Å². The van der Waals surface area contributed by atoms with Gasteiger partial charge in [0, 0.05) is 5.92 Å². The molecule has 15 heavy (non-hydrogen) atoms. The summed E-state index contributed by atoms with van der Waals surface area (Å²) in [5.41, 5.74) is 0. The van der Waals surface area contributed by atoms with Crippen LogP contribution in [0, 0.1) is 5.92 Å². The average molecular weight is 228 g/mol. The fraction of sp³-hybridized carbons (Fsp3) is 0.833. The van der Waals surface area contributed by atoms with Crippen molar-refractivity contribution in [1.82, 2.24) is 0 Å². The highest BCUT2D eigenvalue weighted by Crippen LogP contribution is 2.24. The Bertz CT molecular complexity index is 218. The second kappa shape index (κ2) is 5.71. The number of hydrogen-bond acceptors (Lipinski definition) is 2. The fourth-order valence-electron chi connectivity index (χ4n) is 1.72. The summed E-state index contributed by atoms with van der Waals surface area (Å²) in [6.45, 7) is 10.3. The third-order valence-electron chi connectivity index (χ3n) is 2.56. The van der Waals surface area contributed by atoms with Crippen LogP contribution in [0.1, 0.15) is 26.2 Å². The summed E-state index contributed by atoms with van der Waals surface area (Å²) in [6, 6.07) is 0. The lowest BCUT2D eigenvalue weighted by Crippen LogP contribution is -2.27. The highest BCUT2D eigenvalue weighted by atomic mass is 28.4. The summed E-state index contributed by atoms with van der Waals surface area (Å²) in [6.07, 6.45) is 5.98. The van der Waals surface area contributed by atoms with Gasteiger partial charge in [-0.2, -0.15) is 0 Å². The van der Waals surface area contributed by atoms with E-state index < -0.39 is 8.32 Å². The molecule has 1 rings (SSSR count). The standard InChI is InChI=1S/C12H24O2Si/c1-11-7-5-6-8-12(11)13-9-10-14-15(2,3)4/h8,11H,5-7,9-10H2,1-4H3. The number of rotatable bonds is 5. The summed E-state index contributed by atoms with van der Waals surface area (Å²) in [5, 5.41) is 0. The van der Waals surface area contributed by atoms with E-state index in [1.54, 1.807) is 0 Å². The summed E-state index contributed by atoms with van der Waals surface area (Å²) in [5.74, 6) is 1.78. The molecule has 1 unspecified atom stereocenters. The minimum atomic E-state index is -1.36. The van der Waals surface area contributed by atoms with Crippen molar-refractivity contribution in [3.05, 3.63) is 11.8 Å². The fourth-order valence-corrected chi connectivity index (χ4v) is 2.42. The van der Waals surface area contributed by atoms with Gasteiger partial charge in [0.25, 0.3) is 0 Å². The molecule has 0 amide bonds. The van der Waals surface area contributed by atoms with Crippen molar-refractivity contribution in [3.8, 4) is 0 Å². The first-order chi connectivity index (χ1) is 6.99. The van der Waals surface area contributed by atoms with E-state index >= 15 is 0 Å². The molecule has 1 aliphatic rings. The second-order valence-electron chi connectivity index (χ2n) is 5.25. The van der Waals surface area contributed by atoms with Gasteiger partial charge in [0.2, 0.25) is 0 Å². The van der Waals surface area contributed by atoms with E-state index in [1.807, 2.05) is 0 Å². The highest BCUT2D eigenvalue weighted by molar-refractivity contribution is 6.69. The molecule has 0 N–H and O–H groups in total. The van der Waals surface area contributed by atoms with Crippen molar-refractivity contribution in [2.45, 2.75) is 45.8 Å². The Kier molecular flexibility index (Phi) is 4.86. The van der Waals surface area contributed by atoms with E-state index in [-0.39, 0.29) is 0 Å². The van der Waals surface area contributed by atoms with Crippen LogP contribution in [-0.4, -0.2) is 21.5 Å². The van der Waals surface area contributed by atoms with Gasteiger partial charge in [0.15, 0.2) is 8.32 Å². The van der Waals surface area contributed by atoms with Gasteiger partial charge >= 0.3 is 0 Å². The topological polar surface area (TPSA) is 18.5 Å². The molecule has 0 saturated carbocycles. The quantitative estimate of drug-likeness (QED) is 0.529. The molecule has 0 bridgehead atoms. The zero-order valence-electron chi connectivity index (χ0n) is 10.5. The summed E-state index contributed by atoms with van der Waals surface area (Å²) in [7, 11) is -1.36. The Hall–Kier alpha value is -0.283. The Morgan fingerprint density at radius 3 is 2.67 bits per heavy atom. The van der Waals surface area contributed by atoms with Crippen LogP contribution in [-0.2, 0) is 9.16 Å². The third-order valence-corrected chi connectivity index (χ3v) is 3.63. The highest BCUT2D eigenvalue weighted by Gasteiger charge is 2.16. The SMILES string of the molecule is CC1CCCC=C1OCCO[Si](C)(C)C. The second-order valence-corrected chi connectivity index (χ2v) is 9.76. The molecule has 88 valence electrons. The lowest BCUT2D eigenvalue weighted by Gasteiger charge is -2.22. The normalized spacial score (nSPS) is 22.4. The minimum Gasteiger partial charge on any atom is -0.496 e. The summed E-state index contributed by atoms with van der Waals surface area (Å²) in [4.78, 5) is 0. The predicted octanol–water partition coefficient (Wildman–Crippen LogP) is 3.56. The lowest BCUT2D eigenvalue weighted by atomic mass is 9.96. The Balaban J connectivity index is 2.17. The zero-order valence-corrected chi connectivity index (χ0v) is 11.5. The number of ether oxygens (including phenoxy) is 1. The first-order valence-electron chi connectivity index (χ1n) is 5.96.